The van der Waals surface area contributed by atoms with Gasteiger partial charge in [0.05, 0.1) is 5.57 Å². The van der Waals surface area contributed by atoms with Crippen LogP contribution in [0.25, 0.3) is 27.6 Å². The predicted molar refractivity (Wildman–Crippen MR) is 105 cm³/mol. The van der Waals surface area contributed by atoms with Gasteiger partial charge < -0.3 is 15.4 Å². The summed E-state index contributed by atoms with van der Waals surface area (Å²) in [5, 5.41) is 21.7. The fraction of sp³-hybridized carbons (Fsp3) is 0. The zero-order valence-corrected chi connectivity index (χ0v) is 14.9. The van der Waals surface area contributed by atoms with E-state index >= 15 is 0 Å². The van der Waals surface area contributed by atoms with E-state index in [1.165, 1.54) is 0 Å². The Morgan fingerprint density at radius 2 is 1.82 bits per heavy atom. The van der Waals surface area contributed by atoms with E-state index < -0.39 is 11.9 Å². The Balaban J connectivity index is 1.62. The lowest BCUT2D eigenvalue weighted by Gasteiger charge is -2.05. The first-order valence-electron chi connectivity index (χ1n) is 8.29. The molecule has 1 aliphatic heterocycles. The molecular formula is C19H11N5O3S. The van der Waals surface area contributed by atoms with E-state index in [9.17, 15) is 14.7 Å². The van der Waals surface area contributed by atoms with Crippen molar-refractivity contribution in [1.82, 2.24) is 20.2 Å². The van der Waals surface area contributed by atoms with E-state index in [1.807, 2.05) is 24.3 Å². The van der Waals surface area contributed by atoms with E-state index in [2.05, 4.69) is 25.5 Å². The number of nitrogens with one attached hydrogen (secondary N) is 2. The zero-order valence-electron chi connectivity index (χ0n) is 14.1. The number of carbonyl (C=O) groups is 2. The van der Waals surface area contributed by atoms with Crippen molar-refractivity contribution < 1.29 is 14.7 Å². The Labute approximate surface area is 161 Å². The normalized spacial score (nSPS) is 14.9. The monoisotopic (exact) mass is 389 g/mol. The first-order valence-corrected chi connectivity index (χ1v) is 9.11. The van der Waals surface area contributed by atoms with Crippen molar-refractivity contribution in [1.29, 1.82) is 0 Å². The van der Waals surface area contributed by atoms with Crippen LogP contribution in [0.2, 0.25) is 0 Å². The highest BCUT2D eigenvalue weighted by molar-refractivity contribution is 8.04. The highest BCUT2D eigenvalue weighted by Gasteiger charge is 2.31. The first-order chi connectivity index (χ1) is 13.6. The average molecular weight is 389 g/mol. The van der Waals surface area contributed by atoms with Gasteiger partial charge in [0.2, 0.25) is 5.16 Å². The number of aliphatic carboxylic acids is 1. The minimum absolute atomic E-state index is 0.0912. The van der Waals surface area contributed by atoms with Crippen molar-refractivity contribution in [3.05, 3.63) is 59.0 Å². The molecule has 0 aliphatic carbocycles. The van der Waals surface area contributed by atoms with E-state index in [0.29, 0.717) is 22.4 Å². The third-order valence-corrected chi connectivity index (χ3v) is 5.33. The summed E-state index contributed by atoms with van der Waals surface area (Å²) in [5.41, 5.74) is 3.18. The molecule has 2 aromatic heterocycles. The number of aromatic nitrogens is 4. The molecule has 0 fully saturated rings. The Bertz CT molecular complexity index is 1330. The molecule has 0 spiro atoms. The third kappa shape index (κ3) is 2.52. The number of nitrogens with zero attached hydrogens (tertiary/aromatic N) is 3. The lowest BCUT2D eigenvalue weighted by Crippen LogP contribution is -2.10. The van der Waals surface area contributed by atoms with E-state index in [1.54, 1.807) is 24.3 Å². The molecule has 28 heavy (non-hydrogen) atoms. The number of thioether (sulfide) groups is 1. The number of amides is 1. The summed E-state index contributed by atoms with van der Waals surface area (Å²) in [5.74, 6) is -1.70. The second-order valence-corrected chi connectivity index (χ2v) is 7.05. The topological polar surface area (TPSA) is 121 Å². The summed E-state index contributed by atoms with van der Waals surface area (Å²) in [4.78, 5) is 31.7. The Morgan fingerprint density at radius 1 is 1.04 bits per heavy atom. The van der Waals surface area contributed by atoms with Gasteiger partial charge in [-0.25, -0.2) is 9.78 Å². The number of hydrogen-bond donors (Lipinski definition) is 3. The smallest absolute Gasteiger partial charge is 0.343 e. The largest absolute Gasteiger partial charge is 0.477 e. The maximum atomic E-state index is 12.4. The number of para-hydroxylation sites is 2. The van der Waals surface area contributed by atoms with Crippen LogP contribution in [0.1, 0.15) is 5.56 Å². The van der Waals surface area contributed by atoms with Crippen molar-refractivity contribution in [3.63, 3.8) is 0 Å². The highest BCUT2D eigenvalue weighted by atomic mass is 32.2. The molecule has 0 saturated heterocycles. The summed E-state index contributed by atoms with van der Waals surface area (Å²) < 4.78 is 0. The van der Waals surface area contributed by atoms with Crippen LogP contribution in [0, 0.1) is 0 Å². The van der Waals surface area contributed by atoms with Crippen molar-refractivity contribution in [3.8, 4) is 0 Å². The maximum absolute atomic E-state index is 12.4. The number of H-pyrrole nitrogens is 1. The Hall–Kier alpha value is -3.72. The van der Waals surface area contributed by atoms with Crippen molar-refractivity contribution in [2.45, 2.75) is 5.16 Å². The lowest BCUT2D eigenvalue weighted by molar-refractivity contribution is -0.131. The summed E-state index contributed by atoms with van der Waals surface area (Å²) in [6.07, 6.45) is 0. The van der Waals surface area contributed by atoms with Gasteiger partial charge in [0.1, 0.15) is 10.4 Å². The number of rotatable bonds is 3. The molecule has 1 amide bonds. The van der Waals surface area contributed by atoms with Crippen LogP contribution in [0.15, 0.2) is 58.6 Å². The molecule has 3 N–H and O–H groups in total. The van der Waals surface area contributed by atoms with Gasteiger partial charge in [0, 0.05) is 22.2 Å². The average Bonchev–Trinajstić information content (AvgIpc) is 3.22. The van der Waals surface area contributed by atoms with Crippen LogP contribution < -0.4 is 5.32 Å². The van der Waals surface area contributed by atoms with Crippen LogP contribution in [0.5, 0.6) is 0 Å². The molecule has 0 atom stereocenters. The number of carbonyl (C=O) groups excluding carboxylic acids is 1. The molecule has 5 rings (SSSR count). The molecule has 9 heteroatoms. The van der Waals surface area contributed by atoms with Crippen LogP contribution in [-0.2, 0) is 9.59 Å². The van der Waals surface area contributed by atoms with Crippen molar-refractivity contribution >= 4 is 57.0 Å². The molecule has 136 valence electrons. The lowest BCUT2D eigenvalue weighted by atomic mass is 10.1. The van der Waals surface area contributed by atoms with E-state index in [4.69, 9.17) is 0 Å². The van der Waals surface area contributed by atoms with Crippen LogP contribution >= 0.6 is 11.8 Å². The van der Waals surface area contributed by atoms with Gasteiger partial charge in [0.25, 0.3) is 5.91 Å². The number of benzene rings is 2. The molecule has 3 heterocycles. The summed E-state index contributed by atoms with van der Waals surface area (Å²) in [6.45, 7) is 0. The fourth-order valence-corrected chi connectivity index (χ4v) is 3.98. The quantitative estimate of drug-likeness (QED) is 0.364. The molecule has 0 radical (unpaired) electrons. The van der Waals surface area contributed by atoms with Gasteiger partial charge in [-0.1, -0.05) is 36.4 Å². The fourth-order valence-electron chi connectivity index (χ4n) is 3.18. The van der Waals surface area contributed by atoms with E-state index in [0.717, 1.165) is 22.7 Å². The number of anilines is 1. The van der Waals surface area contributed by atoms with Crippen LogP contribution in [0.3, 0.4) is 0 Å². The minimum Gasteiger partial charge on any atom is -0.477 e. The highest BCUT2D eigenvalue weighted by Crippen LogP contribution is 2.39. The van der Waals surface area contributed by atoms with Gasteiger partial charge in [0.15, 0.2) is 5.65 Å². The second-order valence-electron chi connectivity index (χ2n) is 6.07. The third-order valence-electron chi connectivity index (χ3n) is 4.39. The zero-order chi connectivity index (χ0) is 19.3. The second kappa shape index (κ2) is 6.17. The first kappa shape index (κ1) is 16.5. The van der Waals surface area contributed by atoms with Gasteiger partial charge >= 0.3 is 5.97 Å². The molecule has 0 unspecified atom stereocenters. The molecular weight excluding hydrogens is 378 g/mol. The Morgan fingerprint density at radius 3 is 2.68 bits per heavy atom. The van der Waals surface area contributed by atoms with E-state index in [-0.39, 0.29) is 15.6 Å². The van der Waals surface area contributed by atoms with Gasteiger partial charge in [-0.05, 0) is 23.9 Å². The van der Waals surface area contributed by atoms with Crippen LogP contribution in [-0.4, -0.2) is 37.1 Å². The van der Waals surface area contributed by atoms with Gasteiger partial charge in [-0.3, -0.25) is 4.79 Å². The number of hydrogen-bond acceptors (Lipinski definition) is 6. The Kier molecular flexibility index (Phi) is 3.63. The summed E-state index contributed by atoms with van der Waals surface area (Å²) in [7, 11) is 0. The maximum Gasteiger partial charge on any atom is 0.343 e. The van der Waals surface area contributed by atoms with Gasteiger partial charge in [-0.2, -0.15) is 0 Å². The molecule has 2 aromatic carbocycles. The number of fused-ring (bicyclic) bond motifs is 4. The number of carboxylic acids is 1. The summed E-state index contributed by atoms with van der Waals surface area (Å²) >= 11 is 0.801. The van der Waals surface area contributed by atoms with Crippen molar-refractivity contribution in [2.75, 3.05) is 5.32 Å². The molecule has 1 aliphatic rings. The number of carboxylic acid groups (broad SMARTS) is 1. The van der Waals surface area contributed by atoms with Gasteiger partial charge in [-0.15, -0.1) is 10.2 Å². The predicted octanol–water partition coefficient (Wildman–Crippen LogP) is 3.05. The van der Waals surface area contributed by atoms with Crippen LogP contribution in [0.4, 0.5) is 5.69 Å². The summed E-state index contributed by atoms with van der Waals surface area (Å²) in [6, 6.07) is 14.5. The standard InChI is InChI=1S/C19H11N5O3S/c25-17-13(9-5-1-3-7-11(9)21-17)15(18(26)27)28-19-22-16-14(23-24-19)10-6-2-4-8-12(10)20-16/h1-8H,(H,21,25)(H,26,27)(H,20,22,24)/b15-13+. The number of aromatic amines is 1. The molecule has 0 saturated carbocycles. The van der Waals surface area contributed by atoms with Crippen molar-refractivity contribution in [2.24, 2.45) is 0 Å². The molecule has 4 aromatic rings. The minimum atomic E-state index is -1.23. The molecule has 0 bridgehead atoms. The SMILES string of the molecule is O=C(O)/C(Sc1nnc2c(n1)[nH]c1ccccc12)=C1\C(=O)Nc2ccccc21. The molecule has 8 nitrogen and oxygen atoms in total.